The van der Waals surface area contributed by atoms with E-state index in [9.17, 15) is 0 Å². The van der Waals surface area contributed by atoms with E-state index < -0.39 is 8.56 Å². The van der Waals surface area contributed by atoms with E-state index in [0.29, 0.717) is 0 Å². The summed E-state index contributed by atoms with van der Waals surface area (Å²) in [6, 6.07) is 1.06. The molecule has 0 spiro atoms. The average molecular weight is 258 g/mol. The minimum atomic E-state index is -1.87. The summed E-state index contributed by atoms with van der Waals surface area (Å²) in [5.41, 5.74) is 0. The Balaban J connectivity index is 2.25. The van der Waals surface area contributed by atoms with Crippen LogP contribution in [-0.2, 0) is 8.85 Å². The first-order valence-electron chi connectivity index (χ1n) is 6.37. The molecular weight excluding hydrogens is 232 g/mol. The predicted molar refractivity (Wildman–Crippen MR) is 73.0 cm³/mol. The number of hydrogen-bond acceptors (Lipinski definition) is 4. The molecule has 0 radical (unpaired) electrons. The van der Waals surface area contributed by atoms with Crippen molar-refractivity contribution in [3.8, 4) is 0 Å². The van der Waals surface area contributed by atoms with Crippen molar-refractivity contribution in [2.45, 2.75) is 25.9 Å². The standard InChI is InChI=1S/C12H26N2O2Si/c1-5-13-8-6-9-14(12-13)10-7-11-17(4,15-2)16-3/h6,8H,5,7,9-12H2,1-4H3. The molecule has 5 heteroatoms. The molecule has 1 rings (SSSR count). The second kappa shape index (κ2) is 7.16. The Morgan fingerprint density at radius 1 is 1.29 bits per heavy atom. The van der Waals surface area contributed by atoms with E-state index in [1.54, 1.807) is 14.2 Å². The van der Waals surface area contributed by atoms with Crippen LogP contribution in [0.25, 0.3) is 0 Å². The van der Waals surface area contributed by atoms with Gasteiger partial charge in [0.1, 0.15) is 0 Å². The van der Waals surface area contributed by atoms with Crippen molar-refractivity contribution in [2.24, 2.45) is 0 Å². The maximum Gasteiger partial charge on any atom is 0.334 e. The maximum absolute atomic E-state index is 5.49. The third kappa shape index (κ3) is 4.79. The fraction of sp³-hybridized carbons (Fsp3) is 0.833. The Labute approximate surface area is 106 Å². The molecule has 0 aromatic carbocycles. The zero-order valence-electron chi connectivity index (χ0n) is 11.6. The van der Waals surface area contributed by atoms with Gasteiger partial charge in [-0.2, -0.15) is 0 Å². The largest absolute Gasteiger partial charge is 0.398 e. The van der Waals surface area contributed by atoms with Gasteiger partial charge in [0.2, 0.25) is 0 Å². The van der Waals surface area contributed by atoms with Crippen LogP contribution in [0.1, 0.15) is 13.3 Å². The molecule has 0 aromatic rings. The highest BCUT2D eigenvalue weighted by Crippen LogP contribution is 2.14. The van der Waals surface area contributed by atoms with Gasteiger partial charge in [-0.15, -0.1) is 0 Å². The lowest BCUT2D eigenvalue weighted by atomic mass is 10.3. The van der Waals surface area contributed by atoms with Gasteiger partial charge in [-0.1, -0.05) is 6.08 Å². The van der Waals surface area contributed by atoms with Crippen molar-refractivity contribution in [1.29, 1.82) is 0 Å². The Hall–Kier alpha value is -0.363. The van der Waals surface area contributed by atoms with Gasteiger partial charge < -0.3 is 13.8 Å². The van der Waals surface area contributed by atoms with Crippen LogP contribution >= 0.6 is 0 Å². The first-order valence-corrected chi connectivity index (χ1v) is 8.89. The molecule has 0 saturated carbocycles. The number of hydrogen-bond donors (Lipinski definition) is 0. The summed E-state index contributed by atoms with van der Waals surface area (Å²) in [4.78, 5) is 4.79. The van der Waals surface area contributed by atoms with Crippen LogP contribution in [0.5, 0.6) is 0 Å². The topological polar surface area (TPSA) is 24.9 Å². The molecule has 0 aromatic heterocycles. The fourth-order valence-corrected chi connectivity index (χ4v) is 3.36. The third-order valence-corrected chi connectivity index (χ3v) is 6.43. The van der Waals surface area contributed by atoms with Gasteiger partial charge >= 0.3 is 8.56 Å². The molecule has 17 heavy (non-hydrogen) atoms. The predicted octanol–water partition coefficient (Wildman–Crippen LogP) is 1.85. The summed E-state index contributed by atoms with van der Waals surface area (Å²) >= 11 is 0. The molecule has 0 bridgehead atoms. The van der Waals surface area contributed by atoms with Crippen LogP contribution in [0, 0.1) is 0 Å². The molecule has 1 heterocycles. The minimum Gasteiger partial charge on any atom is -0.398 e. The highest BCUT2D eigenvalue weighted by atomic mass is 28.4. The van der Waals surface area contributed by atoms with Gasteiger partial charge in [-0.3, -0.25) is 4.90 Å². The van der Waals surface area contributed by atoms with E-state index in [-0.39, 0.29) is 0 Å². The van der Waals surface area contributed by atoms with Crippen molar-refractivity contribution in [3.63, 3.8) is 0 Å². The lowest BCUT2D eigenvalue weighted by molar-refractivity contribution is 0.172. The van der Waals surface area contributed by atoms with E-state index in [1.807, 2.05) is 0 Å². The summed E-state index contributed by atoms with van der Waals surface area (Å²) in [7, 11) is 1.66. The smallest absolute Gasteiger partial charge is 0.334 e. The summed E-state index contributed by atoms with van der Waals surface area (Å²) in [5, 5.41) is 0. The average Bonchev–Trinajstić information content (AvgIpc) is 2.39. The van der Waals surface area contributed by atoms with E-state index in [1.165, 1.54) is 0 Å². The van der Waals surface area contributed by atoms with Gasteiger partial charge in [-0.25, -0.2) is 0 Å². The lowest BCUT2D eigenvalue weighted by Gasteiger charge is -2.32. The van der Waals surface area contributed by atoms with Crippen molar-refractivity contribution in [3.05, 3.63) is 12.3 Å². The maximum atomic E-state index is 5.49. The molecule has 0 aliphatic carbocycles. The lowest BCUT2D eigenvalue weighted by Crippen LogP contribution is -2.41. The summed E-state index contributed by atoms with van der Waals surface area (Å²) in [6.45, 7) is 8.63. The highest BCUT2D eigenvalue weighted by molar-refractivity contribution is 6.65. The van der Waals surface area contributed by atoms with Crippen molar-refractivity contribution in [1.82, 2.24) is 9.80 Å². The molecule has 0 amide bonds. The first-order chi connectivity index (χ1) is 8.13. The molecule has 0 fully saturated rings. The molecular formula is C12H26N2O2Si. The SMILES string of the molecule is CCN1C=CCN(CCC[Si](C)(OC)OC)C1. The zero-order chi connectivity index (χ0) is 12.7. The summed E-state index contributed by atoms with van der Waals surface area (Å²) in [5.74, 6) is 0. The van der Waals surface area contributed by atoms with Crippen LogP contribution in [-0.4, -0.2) is 58.9 Å². The summed E-state index contributed by atoms with van der Waals surface area (Å²) in [6.07, 6.45) is 5.58. The van der Waals surface area contributed by atoms with Crippen LogP contribution in [0.15, 0.2) is 12.3 Å². The second-order valence-corrected chi connectivity index (χ2v) is 8.24. The normalized spacial score (nSPS) is 17.8. The molecule has 100 valence electrons. The van der Waals surface area contributed by atoms with Crippen LogP contribution in [0.4, 0.5) is 0 Å². The van der Waals surface area contributed by atoms with Gasteiger partial charge in [0, 0.05) is 33.9 Å². The number of rotatable bonds is 7. The minimum absolute atomic E-state index is 1.05. The van der Waals surface area contributed by atoms with Gasteiger partial charge in [0.25, 0.3) is 0 Å². The number of nitrogens with zero attached hydrogens (tertiary/aromatic N) is 2. The van der Waals surface area contributed by atoms with Crippen LogP contribution in [0.3, 0.4) is 0 Å². The first kappa shape index (κ1) is 14.7. The molecule has 1 aliphatic heterocycles. The Morgan fingerprint density at radius 2 is 2.00 bits per heavy atom. The molecule has 0 unspecified atom stereocenters. The van der Waals surface area contributed by atoms with Crippen molar-refractivity contribution in [2.75, 3.05) is 40.5 Å². The van der Waals surface area contributed by atoms with Gasteiger partial charge in [0.15, 0.2) is 0 Å². The highest BCUT2D eigenvalue weighted by Gasteiger charge is 2.28. The van der Waals surface area contributed by atoms with E-state index in [4.69, 9.17) is 8.85 Å². The van der Waals surface area contributed by atoms with Crippen molar-refractivity contribution >= 4 is 8.56 Å². The fourth-order valence-electron chi connectivity index (χ4n) is 1.99. The Bertz CT molecular complexity index is 245. The quantitative estimate of drug-likeness (QED) is 0.651. The molecule has 0 N–H and O–H groups in total. The molecule has 4 nitrogen and oxygen atoms in total. The monoisotopic (exact) mass is 258 g/mol. The molecule has 0 atom stereocenters. The summed E-state index contributed by atoms with van der Waals surface area (Å²) < 4.78 is 11.0. The van der Waals surface area contributed by atoms with Crippen LogP contribution < -0.4 is 0 Å². The van der Waals surface area contributed by atoms with Crippen molar-refractivity contribution < 1.29 is 8.85 Å². The molecule has 0 saturated heterocycles. The molecule has 1 aliphatic rings. The third-order valence-electron chi connectivity index (χ3n) is 3.44. The second-order valence-electron chi connectivity index (χ2n) is 4.65. The van der Waals surface area contributed by atoms with E-state index >= 15 is 0 Å². The van der Waals surface area contributed by atoms with Gasteiger partial charge in [-0.05, 0) is 32.1 Å². The van der Waals surface area contributed by atoms with Gasteiger partial charge in [0.05, 0.1) is 6.67 Å². The van der Waals surface area contributed by atoms with E-state index in [0.717, 1.165) is 38.8 Å². The zero-order valence-corrected chi connectivity index (χ0v) is 12.6. The Kier molecular flexibility index (Phi) is 6.19. The van der Waals surface area contributed by atoms with Crippen LogP contribution in [0.2, 0.25) is 12.6 Å². The Morgan fingerprint density at radius 3 is 2.59 bits per heavy atom. The van der Waals surface area contributed by atoms with E-state index in [2.05, 4.69) is 35.5 Å².